The topological polar surface area (TPSA) is 32.3 Å². The maximum absolute atomic E-state index is 13.2. The molecule has 1 N–H and O–H groups in total. The predicted octanol–water partition coefficient (Wildman–Crippen LogP) is 5.44. The van der Waals surface area contributed by atoms with E-state index in [1.807, 2.05) is 0 Å². The predicted molar refractivity (Wildman–Crippen MR) is 94.9 cm³/mol. The van der Waals surface area contributed by atoms with E-state index in [-0.39, 0.29) is 0 Å². The van der Waals surface area contributed by atoms with Gasteiger partial charge < -0.3 is 10.2 Å². The normalized spacial score (nSPS) is 12.3. The highest BCUT2D eigenvalue weighted by Crippen LogP contribution is 2.37. The van der Waals surface area contributed by atoms with Crippen LogP contribution in [0.1, 0.15) is 16.7 Å². The van der Waals surface area contributed by atoms with Crippen molar-refractivity contribution in [3.8, 4) is 0 Å². The smallest absolute Gasteiger partial charge is 0.378 e. The summed E-state index contributed by atoms with van der Waals surface area (Å²) in [5, 5.41) is 2.14. The third-order valence-corrected chi connectivity index (χ3v) is 3.75. The summed E-state index contributed by atoms with van der Waals surface area (Å²) in [6.07, 6.45) is -7.00. The van der Waals surface area contributed by atoms with Crippen molar-refractivity contribution >= 4 is 23.4 Å². The summed E-state index contributed by atoms with van der Waals surface area (Å²) in [4.78, 5) is 13.4. The standard InChI is InChI=1S/C19H16F6N2O/c1-27(2)14-8-9-16(15(11-14)19(23,24)25)26-17(28)10-5-12-3-6-13(7-4-12)18(20,21)22/h3-11H,1-2H3,(H,26,28)/b10-5+. The maximum atomic E-state index is 13.2. The number of amides is 1. The zero-order valence-electron chi connectivity index (χ0n) is 14.8. The van der Waals surface area contributed by atoms with Crippen LogP contribution in [0, 0.1) is 0 Å². The Hall–Kier alpha value is -2.97. The lowest BCUT2D eigenvalue weighted by molar-refractivity contribution is -0.138. The Kier molecular flexibility index (Phi) is 6.06. The van der Waals surface area contributed by atoms with E-state index in [9.17, 15) is 31.1 Å². The van der Waals surface area contributed by atoms with Crippen LogP contribution in [0.25, 0.3) is 6.08 Å². The number of nitrogens with zero attached hydrogens (tertiary/aromatic N) is 1. The molecule has 0 atom stereocenters. The van der Waals surface area contributed by atoms with Crippen molar-refractivity contribution in [2.24, 2.45) is 0 Å². The first-order valence-electron chi connectivity index (χ1n) is 7.93. The van der Waals surface area contributed by atoms with Gasteiger partial charge in [0.1, 0.15) is 0 Å². The molecule has 9 heteroatoms. The van der Waals surface area contributed by atoms with Gasteiger partial charge in [-0.15, -0.1) is 0 Å². The number of halogens is 6. The first-order chi connectivity index (χ1) is 12.9. The molecular formula is C19H16F6N2O. The van der Waals surface area contributed by atoms with E-state index in [1.165, 1.54) is 17.0 Å². The fourth-order valence-electron chi connectivity index (χ4n) is 2.28. The molecule has 150 valence electrons. The first kappa shape index (κ1) is 21.3. The van der Waals surface area contributed by atoms with Crippen LogP contribution in [-0.2, 0) is 17.1 Å². The second-order valence-electron chi connectivity index (χ2n) is 6.06. The van der Waals surface area contributed by atoms with Crippen molar-refractivity contribution in [1.82, 2.24) is 0 Å². The average molecular weight is 402 g/mol. The minimum absolute atomic E-state index is 0.294. The molecule has 0 fully saturated rings. The third-order valence-electron chi connectivity index (χ3n) is 3.75. The lowest BCUT2D eigenvalue weighted by Gasteiger charge is -2.18. The molecule has 0 saturated carbocycles. The van der Waals surface area contributed by atoms with Gasteiger partial charge in [0.05, 0.1) is 16.8 Å². The van der Waals surface area contributed by atoms with E-state index in [1.54, 1.807) is 14.1 Å². The fraction of sp³-hybridized carbons (Fsp3) is 0.211. The highest BCUT2D eigenvalue weighted by molar-refractivity contribution is 6.02. The molecule has 28 heavy (non-hydrogen) atoms. The first-order valence-corrected chi connectivity index (χ1v) is 7.93. The lowest BCUT2D eigenvalue weighted by atomic mass is 10.1. The highest BCUT2D eigenvalue weighted by atomic mass is 19.4. The summed E-state index contributed by atoms with van der Waals surface area (Å²) in [5.74, 6) is -0.844. The van der Waals surface area contributed by atoms with E-state index < -0.39 is 35.1 Å². The van der Waals surface area contributed by atoms with Gasteiger partial charge in [-0.2, -0.15) is 26.3 Å². The van der Waals surface area contributed by atoms with Gasteiger partial charge in [-0.05, 0) is 42.0 Å². The molecule has 0 aliphatic heterocycles. The van der Waals surface area contributed by atoms with Crippen LogP contribution in [0.3, 0.4) is 0 Å². The summed E-state index contributed by atoms with van der Waals surface area (Å²) in [7, 11) is 3.17. The highest BCUT2D eigenvalue weighted by Gasteiger charge is 2.34. The molecule has 0 aromatic heterocycles. The number of hydrogen-bond acceptors (Lipinski definition) is 2. The summed E-state index contributed by atoms with van der Waals surface area (Å²) in [6.45, 7) is 0. The van der Waals surface area contributed by atoms with Crippen LogP contribution in [0.5, 0.6) is 0 Å². The van der Waals surface area contributed by atoms with Gasteiger partial charge in [0, 0.05) is 25.9 Å². The van der Waals surface area contributed by atoms with Gasteiger partial charge in [-0.1, -0.05) is 12.1 Å². The van der Waals surface area contributed by atoms with Crippen LogP contribution in [-0.4, -0.2) is 20.0 Å². The summed E-state index contributed by atoms with van der Waals surface area (Å²) in [6, 6.07) is 7.47. The average Bonchev–Trinajstić information content (AvgIpc) is 2.58. The van der Waals surface area contributed by atoms with E-state index in [4.69, 9.17) is 0 Å². The molecule has 0 spiro atoms. The number of carbonyl (C=O) groups excluding carboxylic acids is 1. The van der Waals surface area contributed by atoms with Gasteiger partial charge in [0.15, 0.2) is 0 Å². The molecule has 3 nitrogen and oxygen atoms in total. The molecule has 0 unspecified atom stereocenters. The minimum atomic E-state index is -4.67. The fourth-order valence-corrected chi connectivity index (χ4v) is 2.28. The Bertz CT molecular complexity index is 867. The number of hydrogen-bond donors (Lipinski definition) is 1. The molecule has 0 bridgehead atoms. The van der Waals surface area contributed by atoms with Gasteiger partial charge >= 0.3 is 12.4 Å². The molecular weight excluding hydrogens is 386 g/mol. The Balaban J connectivity index is 2.17. The van der Waals surface area contributed by atoms with Crippen molar-refractivity contribution in [3.05, 3.63) is 65.2 Å². The zero-order chi connectivity index (χ0) is 21.1. The minimum Gasteiger partial charge on any atom is -0.378 e. The SMILES string of the molecule is CN(C)c1ccc(NC(=O)/C=C/c2ccc(C(F)(F)F)cc2)c(C(F)(F)F)c1. The number of benzene rings is 2. The van der Waals surface area contributed by atoms with E-state index >= 15 is 0 Å². The number of rotatable bonds is 4. The van der Waals surface area contributed by atoms with Crippen LogP contribution in [0.4, 0.5) is 37.7 Å². The lowest BCUT2D eigenvalue weighted by Crippen LogP contribution is -2.16. The van der Waals surface area contributed by atoms with E-state index in [0.29, 0.717) is 11.3 Å². The molecule has 0 aliphatic rings. The molecule has 0 heterocycles. The molecule has 2 aromatic carbocycles. The van der Waals surface area contributed by atoms with Crippen LogP contribution >= 0.6 is 0 Å². The molecule has 1 amide bonds. The molecule has 0 saturated heterocycles. The summed E-state index contributed by atoms with van der Waals surface area (Å²) < 4.78 is 77.3. The van der Waals surface area contributed by atoms with Gasteiger partial charge in [0.25, 0.3) is 0 Å². The van der Waals surface area contributed by atoms with Crippen LogP contribution in [0.15, 0.2) is 48.5 Å². The van der Waals surface area contributed by atoms with Gasteiger partial charge in [0.2, 0.25) is 5.91 Å². The van der Waals surface area contributed by atoms with Gasteiger partial charge in [-0.3, -0.25) is 4.79 Å². The largest absolute Gasteiger partial charge is 0.418 e. The van der Waals surface area contributed by atoms with Crippen LogP contribution < -0.4 is 10.2 Å². The number of nitrogens with one attached hydrogen (secondary N) is 1. The Labute approximate surface area is 157 Å². The Morgan fingerprint density at radius 1 is 0.929 bits per heavy atom. The number of carbonyl (C=O) groups is 1. The second kappa shape index (κ2) is 7.95. The molecule has 2 aromatic rings. The van der Waals surface area contributed by atoms with Crippen molar-refractivity contribution in [2.75, 3.05) is 24.3 Å². The second-order valence-corrected chi connectivity index (χ2v) is 6.06. The quantitative estimate of drug-likeness (QED) is 0.546. The monoisotopic (exact) mass is 402 g/mol. The zero-order valence-corrected chi connectivity index (χ0v) is 14.8. The van der Waals surface area contributed by atoms with Crippen molar-refractivity contribution in [3.63, 3.8) is 0 Å². The Morgan fingerprint density at radius 2 is 1.54 bits per heavy atom. The van der Waals surface area contributed by atoms with Crippen molar-refractivity contribution in [2.45, 2.75) is 12.4 Å². The summed E-state index contributed by atoms with van der Waals surface area (Å²) >= 11 is 0. The summed E-state index contributed by atoms with van der Waals surface area (Å²) in [5.41, 5.74) is -1.66. The van der Waals surface area contributed by atoms with Crippen molar-refractivity contribution in [1.29, 1.82) is 0 Å². The maximum Gasteiger partial charge on any atom is 0.418 e. The third kappa shape index (κ3) is 5.51. The van der Waals surface area contributed by atoms with Crippen LogP contribution in [0.2, 0.25) is 0 Å². The molecule has 0 radical (unpaired) electrons. The van der Waals surface area contributed by atoms with E-state index in [2.05, 4.69) is 5.32 Å². The molecule has 0 aliphatic carbocycles. The number of anilines is 2. The number of alkyl halides is 6. The van der Waals surface area contributed by atoms with E-state index in [0.717, 1.165) is 42.5 Å². The molecule has 2 rings (SSSR count). The Morgan fingerprint density at radius 3 is 2.04 bits per heavy atom. The van der Waals surface area contributed by atoms with Crippen molar-refractivity contribution < 1.29 is 31.1 Å². The van der Waals surface area contributed by atoms with Gasteiger partial charge in [-0.25, -0.2) is 0 Å².